The van der Waals surface area contributed by atoms with Crippen LogP contribution in [-0.4, -0.2) is 148 Å². The molecule has 0 unspecified atom stereocenters. The Labute approximate surface area is 574 Å². The Morgan fingerprint density at radius 3 is 0.920 bits per heavy atom. The van der Waals surface area contributed by atoms with Gasteiger partial charge in [-0.05, 0) is 116 Å². The number of hydrazone groups is 1. The number of rotatable bonds is 24. The van der Waals surface area contributed by atoms with Gasteiger partial charge in [0.2, 0.25) is 0 Å². The SMILES string of the molecule is Cc1ccc(S(=O)(=O)N(C[C@@H]2O[C@H](COC(=O)c3ccccc3)[C@@H](OC(=O)c3ccccc3)[C@H](OC(=O)c3ccccc3)[C@H]2OC(=O)c2ccccc2)/N=C/[C@@H]2O[C@H](COC(=O)c3ccccc3)[C@@H](OC(=O)c3ccccc3)[C@H](OC(=O)c3ccccc3)[C@H]2OC(=O)c2ccccc2)cc1. The molecule has 100 heavy (non-hydrogen) atoms. The normalized spacial score (nSPS) is 20.2. The third kappa shape index (κ3) is 17.4. The van der Waals surface area contributed by atoms with Gasteiger partial charge < -0.3 is 47.4 Å². The van der Waals surface area contributed by atoms with Crippen molar-refractivity contribution in [2.75, 3.05) is 19.8 Å². The topological polar surface area (TPSA) is 279 Å². The molecule has 9 aromatic carbocycles. The highest BCUT2D eigenvalue weighted by molar-refractivity contribution is 7.89. The monoisotopic (exact) mass is 1370 g/mol. The quantitative estimate of drug-likeness (QED) is 0.0235. The number of carbonyl (C=O) groups excluding carboxylic acids is 8. The standard InChI is InChI=1S/C77H64N2O20S/c1-50-42-44-59(45-43-50)100(88,89)79(47-61-65(95-73(83)54-32-16-5-17-33-54)69(99-77(87)58-40-24-9-25-41-58)67(97-75(85)56-36-20-7-21-37-56)63(93-61)49-91-71(81)52-28-12-3-13-29-52)78-46-60-64(94-72(82)53-30-14-4-15-31-53)68(98-76(86)57-38-22-8-23-39-57)66(96-74(84)55-34-18-6-19-35-55)62(92-60)48-90-70(80)51-26-10-2-11-27-51/h2-46,60-69H,47-49H2,1H3/b78-46+/t60-,61-,62+,63+,64-,65-,66+,67+,68+,69+/m0/s1. The average molecular weight is 1370 g/mol. The molecule has 2 aliphatic rings. The van der Waals surface area contributed by atoms with Gasteiger partial charge in [-0.1, -0.05) is 163 Å². The molecule has 10 atom stereocenters. The number of benzene rings is 9. The molecule has 0 aromatic heterocycles. The number of carbonyl (C=O) groups is 8. The van der Waals surface area contributed by atoms with Crippen molar-refractivity contribution in [2.45, 2.75) is 72.9 Å². The van der Waals surface area contributed by atoms with Crippen LogP contribution in [0.4, 0.5) is 0 Å². The first kappa shape index (κ1) is 69.4. The lowest BCUT2D eigenvalue weighted by molar-refractivity contribution is -0.230. The largest absolute Gasteiger partial charge is 0.459 e. The van der Waals surface area contributed by atoms with Gasteiger partial charge in [-0.2, -0.15) is 17.9 Å². The molecule has 0 spiro atoms. The fourth-order valence-electron chi connectivity index (χ4n) is 10.9. The van der Waals surface area contributed by atoms with E-state index in [0.29, 0.717) is 9.98 Å². The van der Waals surface area contributed by atoms with E-state index in [9.17, 15) is 38.4 Å². The van der Waals surface area contributed by atoms with Crippen LogP contribution in [0.3, 0.4) is 0 Å². The van der Waals surface area contributed by atoms with Gasteiger partial charge in [-0.25, -0.2) is 38.4 Å². The zero-order valence-corrected chi connectivity index (χ0v) is 54.2. The Hall–Kier alpha value is -11.9. The van der Waals surface area contributed by atoms with Crippen molar-refractivity contribution in [3.8, 4) is 0 Å². The second-order valence-electron chi connectivity index (χ2n) is 22.8. The lowest BCUT2D eigenvalue weighted by atomic mass is 9.93. The number of ether oxygens (including phenoxy) is 10. The molecule has 2 aliphatic heterocycles. The summed E-state index contributed by atoms with van der Waals surface area (Å²) in [4.78, 5) is 115. The van der Waals surface area contributed by atoms with Crippen molar-refractivity contribution in [1.29, 1.82) is 0 Å². The second-order valence-corrected chi connectivity index (χ2v) is 24.6. The fraction of sp³-hybridized carbons (Fsp3) is 0.182. The van der Waals surface area contributed by atoms with Crippen LogP contribution < -0.4 is 0 Å². The minimum absolute atomic E-state index is 0.00681. The first-order valence-electron chi connectivity index (χ1n) is 31.5. The van der Waals surface area contributed by atoms with E-state index in [1.165, 1.54) is 121 Å². The summed E-state index contributed by atoms with van der Waals surface area (Å²) >= 11 is 0. The first-order chi connectivity index (χ1) is 48.6. The van der Waals surface area contributed by atoms with Crippen molar-refractivity contribution in [2.24, 2.45) is 5.10 Å². The third-order valence-corrected chi connectivity index (χ3v) is 17.6. The molecular formula is C77H64N2O20S. The zero-order chi connectivity index (χ0) is 70.0. The summed E-state index contributed by atoms with van der Waals surface area (Å²) in [6.07, 6.45) is -17.8. The van der Waals surface area contributed by atoms with Crippen LogP contribution in [0.15, 0.2) is 277 Å². The van der Waals surface area contributed by atoms with Crippen molar-refractivity contribution in [1.82, 2.24) is 4.41 Å². The molecule has 508 valence electrons. The van der Waals surface area contributed by atoms with Gasteiger partial charge in [0.05, 0.1) is 62.2 Å². The molecule has 23 heteroatoms. The Morgan fingerprint density at radius 1 is 0.340 bits per heavy atom. The van der Waals surface area contributed by atoms with E-state index in [4.69, 9.17) is 47.4 Å². The van der Waals surface area contributed by atoms with Crippen molar-refractivity contribution in [3.05, 3.63) is 317 Å². The summed E-state index contributed by atoms with van der Waals surface area (Å²) in [6.45, 7) is -0.880. The Balaban J connectivity index is 1.07. The molecule has 2 fully saturated rings. The maximum atomic E-state index is 15.8. The Kier molecular flexibility index (Phi) is 22.8. The summed E-state index contributed by atoms with van der Waals surface area (Å²) in [6, 6.07) is 66.9. The zero-order valence-electron chi connectivity index (χ0n) is 53.3. The highest BCUT2D eigenvalue weighted by Gasteiger charge is 2.56. The maximum absolute atomic E-state index is 15.8. The van der Waals surface area contributed by atoms with E-state index in [1.54, 1.807) is 153 Å². The Bertz CT molecular complexity index is 4430. The van der Waals surface area contributed by atoms with Gasteiger partial charge in [0.1, 0.15) is 37.6 Å². The van der Waals surface area contributed by atoms with Crippen LogP contribution >= 0.6 is 0 Å². The number of esters is 8. The van der Waals surface area contributed by atoms with Crippen molar-refractivity contribution < 1.29 is 94.1 Å². The van der Waals surface area contributed by atoms with Crippen LogP contribution in [0.2, 0.25) is 0 Å². The number of hydrogen-bond donors (Lipinski definition) is 0. The van der Waals surface area contributed by atoms with Crippen LogP contribution in [0.1, 0.15) is 88.4 Å². The Morgan fingerprint density at radius 2 is 0.600 bits per heavy atom. The lowest BCUT2D eigenvalue weighted by Gasteiger charge is -2.45. The molecule has 0 aliphatic carbocycles. The third-order valence-electron chi connectivity index (χ3n) is 16.0. The molecule has 22 nitrogen and oxygen atoms in total. The second kappa shape index (κ2) is 32.9. The molecule has 9 aromatic rings. The van der Waals surface area contributed by atoms with E-state index < -0.39 is 139 Å². The summed E-state index contributed by atoms with van der Waals surface area (Å²) in [7, 11) is -5.08. The number of nitrogens with zero attached hydrogens (tertiary/aromatic N) is 2. The predicted octanol–water partition coefficient (Wildman–Crippen LogP) is 10.6. The fourth-order valence-corrected chi connectivity index (χ4v) is 12.1. The van der Waals surface area contributed by atoms with Crippen molar-refractivity contribution in [3.63, 3.8) is 0 Å². The summed E-state index contributed by atoms with van der Waals surface area (Å²) in [5.74, 6) is -7.92. The molecule has 0 N–H and O–H groups in total. The summed E-state index contributed by atoms with van der Waals surface area (Å²) in [5.41, 5.74) is 0.728. The molecule has 2 heterocycles. The first-order valence-corrected chi connectivity index (χ1v) is 33.0. The van der Waals surface area contributed by atoms with Gasteiger partial charge in [0.25, 0.3) is 10.0 Å². The molecule has 0 saturated carbocycles. The lowest BCUT2D eigenvalue weighted by Crippen LogP contribution is -2.64. The minimum Gasteiger partial charge on any atom is -0.459 e. The van der Waals surface area contributed by atoms with E-state index in [2.05, 4.69) is 5.10 Å². The summed E-state index contributed by atoms with van der Waals surface area (Å²) in [5, 5.41) is 4.63. The molecule has 0 bridgehead atoms. The highest BCUT2D eigenvalue weighted by Crippen LogP contribution is 2.35. The smallest absolute Gasteiger partial charge is 0.338 e. The van der Waals surface area contributed by atoms with Gasteiger partial charge in [0.15, 0.2) is 36.6 Å². The van der Waals surface area contributed by atoms with E-state index >= 15 is 8.42 Å². The van der Waals surface area contributed by atoms with Gasteiger partial charge >= 0.3 is 47.8 Å². The summed E-state index contributed by atoms with van der Waals surface area (Å²) < 4.78 is 95.3. The molecular weight excluding hydrogens is 1300 g/mol. The van der Waals surface area contributed by atoms with Gasteiger partial charge in [-0.15, -0.1) is 0 Å². The predicted molar refractivity (Wildman–Crippen MR) is 358 cm³/mol. The van der Waals surface area contributed by atoms with Gasteiger partial charge in [0, 0.05) is 0 Å². The van der Waals surface area contributed by atoms with Crippen LogP contribution in [0, 0.1) is 6.92 Å². The van der Waals surface area contributed by atoms with E-state index in [1.807, 2.05) is 0 Å². The van der Waals surface area contributed by atoms with Crippen LogP contribution in [-0.2, 0) is 57.4 Å². The van der Waals surface area contributed by atoms with Crippen molar-refractivity contribution >= 4 is 64.0 Å². The van der Waals surface area contributed by atoms with E-state index in [0.717, 1.165) is 6.21 Å². The number of hydrogen-bond acceptors (Lipinski definition) is 21. The number of sulfonamides is 1. The number of aryl methyl sites for hydroxylation is 1. The highest BCUT2D eigenvalue weighted by atomic mass is 32.2. The van der Waals surface area contributed by atoms with Gasteiger partial charge in [-0.3, -0.25) is 0 Å². The molecule has 2 saturated heterocycles. The van der Waals surface area contributed by atoms with Crippen LogP contribution in [0.5, 0.6) is 0 Å². The van der Waals surface area contributed by atoms with E-state index in [-0.39, 0.29) is 49.4 Å². The minimum atomic E-state index is -5.08. The molecule has 11 rings (SSSR count). The average Bonchev–Trinajstić information content (AvgIpc) is 0.772. The molecule has 0 amide bonds. The molecule has 0 radical (unpaired) electrons. The maximum Gasteiger partial charge on any atom is 0.338 e. The van der Waals surface area contributed by atoms with Crippen LogP contribution in [0.25, 0.3) is 0 Å².